The van der Waals surface area contributed by atoms with Crippen molar-refractivity contribution in [1.82, 2.24) is 0 Å². The van der Waals surface area contributed by atoms with Gasteiger partial charge in [-0.25, -0.2) is 0 Å². The van der Waals surface area contributed by atoms with Crippen LogP contribution in [-0.4, -0.2) is 17.6 Å². The number of benzene rings is 3. The lowest BCUT2D eigenvalue weighted by molar-refractivity contribution is -0.118. The van der Waals surface area contributed by atoms with Gasteiger partial charge in [0.1, 0.15) is 5.37 Å². The standard InChI is InChI=1S/C27H28N2O2S/c1-3-19-9-8-12-23(17-19)29-25(30)18-32-27(29)21-13-15-22(16-14-21)28-26(31)24(4-2)20-10-6-5-7-11-20/h5-17,24,27H,3-4,18H2,1-2H3,(H,28,31). The highest BCUT2D eigenvalue weighted by Gasteiger charge is 2.34. The SMILES string of the molecule is CCc1cccc(N2C(=O)CSC2c2ccc(NC(=O)C(CC)c3ccccc3)cc2)c1. The smallest absolute Gasteiger partial charge is 0.238 e. The average Bonchev–Trinajstić information content (AvgIpc) is 3.22. The normalized spacial score (nSPS) is 16.8. The number of nitrogens with one attached hydrogen (secondary N) is 1. The summed E-state index contributed by atoms with van der Waals surface area (Å²) in [5.74, 6) is 0.406. The van der Waals surface area contributed by atoms with Crippen LogP contribution in [-0.2, 0) is 16.0 Å². The lowest BCUT2D eigenvalue weighted by Crippen LogP contribution is -2.27. The number of aryl methyl sites for hydroxylation is 1. The molecule has 1 saturated heterocycles. The zero-order valence-electron chi connectivity index (χ0n) is 18.5. The summed E-state index contributed by atoms with van der Waals surface area (Å²) in [6, 6.07) is 25.9. The molecule has 0 saturated carbocycles. The molecule has 4 nitrogen and oxygen atoms in total. The molecule has 0 radical (unpaired) electrons. The number of rotatable bonds is 7. The summed E-state index contributed by atoms with van der Waals surface area (Å²) in [6.07, 6.45) is 1.67. The third-order valence-electron chi connectivity index (χ3n) is 5.85. The van der Waals surface area contributed by atoms with Crippen molar-refractivity contribution in [2.24, 2.45) is 0 Å². The van der Waals surface area contributed by atoms with Gasteiger partial charge in [0.2, 0.25) is 11.8 Å². The van der Waals surface area contributed by atoms with Gasteiger partial charge in [0.05, 0.1) is 11.7 Å². The fourth-order valence-electron chi connectivity index (χ4n) is 4.09. The molecule has 0 aromatic heterocycles. The highest BCUT2D eigenvalue weighted by Crippen LogP contribution is 2.42. The molecule has 1 heterocycles. The summed E-state index contributed by atoms with van der Waals surface area (Å²) >= 11 is 1.63. The lowest BCUT2D eigenvalue weighted by atomic mass is 9.95. The van der Waals surface area contributed by atoms with E-state index in [1.807, 2.05) is 78.6 Å². The molecule has 1 fully saturated rings. The minimum Gasteiger partial charge on any atom is -0.326 e. The van der Waals surface area contributed by atoms with Crippen molar-refractivity contribution in [3.63, 3.8) is 0 Å². The maximum Gasteiger partial charge on any atom is 0.238 e. The number of hydrogen-bond acceptors (Lipinski definition) is 3. The minimum atomic E-state index is -0.180. The minimum absolute atomic E-state index is 0.00474. The topological polar surface area (TPSA) is 49.4 Å². The van der Waals surface area contributed by atoms with Gasteiger partial charge < -0.3 is 5.32 Å². The van der Waals surface area contributed by atoms with E-state index in [4.69, 9.17) is 0 Å². The summed E-state index contributed by atoms with van der Waals surface area (Å²) in [7, 11) is 0. The Morgan fingerprint density at radius 1 is 1.03 bits per heavy atom. The van der Waals surface area contributed by atoms with Gasteiger partial charge in [-0.2, -0.15) is 0 Å². The van der Waals surface area contributed by atoms with Gasteiger partial charge in [0.15, 0.2) is 0 Å². The number of amides is 2. The Hall–Kier alpha value is -3.05. The molecule has 1 aliphatic heterocycles. The molecule has 2 amide bonds. The third-order valence-corrected chi connectivity index (χ3v) is 7.07. The first-order valence-electron chi connectivity index (χ1n) is 11.1. The number of nitrogens with zero attached hydrogens (tertiary/aromatic N) is 1. The van der Waals surface area contributed by atoms with Crippen molar-refractivity contribution in [3.8, 4) is 0 Å². The number of anilines is 2. The summed E-state index contributed by atoms with van der Waals surface area (Å²) in [6.45, 7) is 4.14. The molecule has 2 unspecified atom stereocenters. The van der Waals surface area contributed by atoms with Gasteiger partial charge in [-0.05, 0) is 53.8 Å². The van der Waals surface area contributed by atoms with E-state index in [0.717, 1.165) is 35.3 Å². The maximum atomic E-state index is 12.9. The van der Waals surface area contributed by atoms with E-state index in [0.29, 0.717) is 5.75 Å². The molecule has 1 aliphatic rings. The molecule has 0 aliphatic carbocycles. The second-order valence-electron chi connectivity index (χ2n) is 7.93. The Kier molecular flexibility index (Phi) is 6.96. The molecular formula is C27H28N2O2S. The summed E-state index contributed by atoms with van der Waals surface area (Å²) in [5.41, 5.74) is 5.00. The van der Waals surface area contributed by atoms with Crippen LogP contribution in [0.25, 0.3) is 0 Å². The van der Waals surface area contributed by atoms with Crippen molar-refractivity contribution in [2.45, 2.75) is 38.0 Å². The summed E-state index contributed by atoms with van der Waals surface area (Å²) in [4.78, 5) is 27.4. The van der Waals surface area contributed by atoms with Gasteiger partial charge in [0.25, 0.3) is 0 Å². The van der Waals surface area contributed by atoms with Crippen LogP contribution < -0.4 is 10.2 Å². The molecular weight excluding hydrogens is 416 g/mol. The first kappa shape index (κ1) is 22.2. The second kappa shape index (κ2) is 10.0. The Morgan fingerprint density at radius 2 is 1.78 bits per heavy atom. The number of carbonyl (C=O) groups excluding carboxylic acids is 2. The van der Waals surface area contributed by atoms with Crippen LogP contribution in [0.3, 0.4) is 0 Å². The van der Waals surface area contributed by atoms with Gasteiger partial charge in [-0.3, -0.25) is 14.5 Å². The molecule has 2 atom stereocenters. The van der Waals surface area contributed by atoms with E-state index in [2.05, 4.69) is 24.4 Å². The van der Waals surface area contributed by atoms with E-state index < -0.39 is 0 Å². The van der Waals surface area contributed by atoms with Gasteiger partial charge >= 0.3 is 0 Å². The van der Waals surface area contributed by atoms with Gasteiger partial charge in [-0.15, -0.1) is 11.8 Å². The van der Waals surface area contributed by atoms with Gasteiger partial charge in [-0.1, -0.05) is 68.4 Å². The summed E-state index contributed by atoms with van der Waals surface area (Å²) in [5, 5.41) is 2.99. The monoisotopic (exact) mass is 444 g/mol. The molecule has 3 aromatic rings. The van der Waals surface area contributed by atoms with Crippen molar-refractivity contribution in [1.29, 1.82) is 0 Å². The summed E-state index contributed by atoms with van der Waals surface area (Å²) < 4.78 is 0. The predicted octanol–water partition coefficient (Wildman–Crippen LogP) is 6.16. The fourth-order valence-corrected chi connectivity index (χ4v) is 5.27. The van der Waals surface area contributed by atoms with Crippen LogP contribution >= 0.6 is 11.8 Å². The fraction of sp³-hybridized carbons (Fsp3) is 0.259. The molecule has 4 rings (SSSR count). The largest absolute Gasteiger partial charge is 0.326 e. The van der Waals surface area contributed by atoms with E-state index >= 15 is 0 Å². The first-order valence-corrected chi connectivity index (χ1v) is 12.1. The molecule has 5 heteroatoms. The van der Waals surface area contributed by atoms with E-state index in [-0.39, 0.29) is 23.1 Å². The van der Waals surface area contributed by atoms with Crippen molar-refractivity contribution in [2.75, 3.05) is 16.0 Å². The Bertz CT molecular complexity index is 1080. The molecule has 0 spiro atoms. The van der Waals surface area contributed by atoms with Crippen LogP contribution in [0.4, 0.5) is 11.4 Å². The highest BCUT2D eigenvalue weighted by molar-refractivity contribution is 8.00. The van der Waals surface area contributed by atoms with Crippen molar-refractivity contribution in [3.05, 3.63) is 95.6 Å². The van der Waals surface area contributed by atoms with Crippen molar-refractivity contribution >= 4 is 35.0 Å². The van der Waals surface area contributed by atoms with E-state index in [9.17, 15) is 9.59 Å². The van der Waals surface area contributed by atoms with E-state index in [1.54, 1.807) is 11.8 Å². The van der Waals surface area contributed by atoms with Crippen LogP contribution in [0, 0.1) is 0 Å². The number of hydrogen-bond donors (Lipinski definition) is 1. The Balaban J connectivity index is 1.50. The van der Waals surface area contributed by atoms with Gasteiger partial charge in [0, 0.05) is 11.4 Å². The quantitative estimate of drug-likeness (QED) is 0.475. The van der Waals surface area contributed by atoms with E-state index in [1.165, 1.54) is 5.56 Å². The Labute approximate surface area is 194 Å². The lowest BCUT2D eigenvalue weighted by Gasteiger charge is -2.25. The first-order chi connectivity index (χ1) is 15.6. The van der Waals surface area contributed by atoms with Crippen LogP contribution in [0.15, 0.2) is 78.9 Å². The number of carbonyl (C=O) groups is 2. The second-order valence-corrected chi connectivity index (χ2v) is 9.00. The molecule has 1 N–H and O–H groups in total. The zero-order valence-corrected chi connectivity index (χ0v) is 19.3. The van der Waals surface area contributed by atoms with Crippen LogP contribution in [0.2, 0.25) is 0 Å². The third kappa shape index (κ3) is 4.73. The number of thioether (sulfide) groups is 1. The van der Waals surface area contributed by atoms with Crippen LogP contribution in [0.5, 0.6) is 0 Å². The molecule has 32 heavy (non-hydrogen) atoms. The Morgan fingerprint density at radius 3 is 2.47 bits per heavy atom. The average molecular weight is 445 g/mol. The maximum absolute atomic E-state index is 12.9. The molecule has 164 valence electrons. The van der Waals surface area contributed by atoms with Crippen LogP contribution in [0.1, 0.15) is 48.3 Å². The molecule has 0 bridgehead atoms. The zero-order chi connectivity index (χ0) is 22.5. The van der Waals surface area contributed by atoms with Crippen molar-refractivity contribution < 1.29 is 9.59 Å². The highest BCUT2D eigenvalue weighted by atomic mass is 32.2. The predicted molar refractivity (Wildman–Crippen MR) is 133 cm³/mol. The molecule has 3 aromatic carbocycles.